The fourth-order valence-electron chi connectivity index (χ4n) is 3.31. The van der Waals surface area contributed by atoms with E-state index in [1.165, 1.54) is 0 Å². The third-order valence-electron chi connectivity index (χ3n) is 5.05. The Morgan fingerprint density at radius 3 is 1.42 bits per heavy atom. The molecule has 5 heteroatoms. The van der Waals surface area contributed by atoms with E-state index in [-0.39, 0.29) is 34.6 Å². The molecule has 0 saturated carbocycles. The van der Waals surface area contributed by atoms with E-state index in [1.807, 2.05) is 36.4 Å². The number of aromatic nitrogens is 2. The van der Waals surface area contributed by atoms with Crippen molar-refractivity contribution in [2.24, 2.45) is 0 Å². The molecule has 156 valence electrons. The third kappa shape index (κ3) is 6.81. The van der Waals surface area contributed by atoms with Gasteiger partial charge in [0.2, 0.25) is 0 Å². The number of pyridine rings is 2. The summed E-state index contributed by atoms with van der Waals surface area (Å²) < 4.78 is 0. The van der Waals surface area contributed by atoms with Crippen LogP contribution in [0, 0.1) is 0 Å². The van der Waals surface area contributed by atoms with Crippen molar-refractivity contribution in [2.45, 2.75) is 52.4 Å². The molecule has 0 fully saturated rings. The zero-order valence-corrected chi connectivity index (χ0v) is 19.8. The number of nitrogens with zero attached hydrogens (tertiary/aromatic N) is 2. The molecule has 4 rings (SSSR count). The predicted molar refractivity (Wildman–Crippen MR) is 125 cm³/mol. The summed E-state index contributed by atoms with van der Waals surface area (Å²) in [5, 5.41) is 25.0. The number of unbranched alkanes of at least 4 members (excludes halogenated alkanes) is 2. The largest absolute Gasteiger partial charge is 2.00 e. The molecule has 0 aliphatic heterocycles. The maximum atomic E-state index is 11.5. The number of benzene rings is 2. The Morgan fingerprint density at radius 1 is 0.613 bits per heavy atom. The Balaban J connectivity index is 0.000000213. The molecule has 31 heavy (non-hydrogen) atoms. The van der Waals surface area contributed by atoms with Gasteiger partial charge in [-0.1, -0.05) is 86.7 Å². The molecule has 0 amide bonds. The molecule has 0 bridgehead atoms. The average Bonchev–Trinajstić information content (AvgIpc) is 2.77. The number of hydrogen-bond donors (Lipinski definition) is 0. The van der Waals surface area contributed by atoms with E-state index in [0.717, 1.165) is 60.7 Å². The zero-order valence-electron chi connectivity index (χ0n) is 18.4. The van der Waals surface area contributed by atoms with Crippen molar-refractivity contribution in [3.05, 3.63) is 72.1 Å². The molecule has 0 atom stereocenters. The van der Waals surface area contributed by atoms with E-state index in [2.05, 4.69) is 23.8 Å². The van der Waals surface area contributed by atoms with Crippen LogP contribution < -0.4 is 10.2 Å². The summed E-state index contributed by atoms with van der Waals surface area (Å²) >= 11 is 0. The van der Waals surface area contributed by atoms with E-state index in [0.29, 0.717) is 11.0 Å². The quantitative estimate of drug-likeness (QED) is 0.412. The first-order valence-electron chi connectivity index (χ1n) is 10.7. The van der Waals surface area contributed by atoms with Crippen LogP contribution >= 0.6 is 0 Å². The van der Waals surface area contributed by atoms with Crippen LogP contribution in [0.4, 0.5) is 0 Å². The topological polar surface area (TPSA) is 71.9 Å². The first kappa shape index (κ1) is 24.9. The summed E-state index contributed by atoms with van der Waals surface area (Å²) in [7, 11) is 0. The molecule has 2 heterocycles. The van der Waals surface area contributed by atoms with Crippen molar-refractivity contribution < 1.29 is 10.2 Å². The van der Waals surface area contributed by atoms with Gasteiger partial charge in [0.05, 0.1) is 11.0 Å². The van der Waals surface area contributed by atoms with Crippen molar-refractivity contribution in [1.82, 2.24) is 9.97 Å². The number of hydrogen-bond acceptors (Lipinski definition) is 4. The Hall–Kier alpha value is -2.37. The molecule has 2 aromatic carbocycles. The first-order chi connectivity index (χ1) is 14.6. The van der Waals surface area contributed by atoms with Gasteiger partial charge in [0.1, 0.15) is 0 Å². The number of para-hydroxylation sites is 2. The molecular weight excluding hydrogens is 397 g/mol. The Kier molecular flexibility index (Phi) is 10.0. The summed E-state index contributed by atoms with van der Waals surface area (Å²) in [6, 6.07) is 18.5. The fourth-order valence-corrected chi connectivity index (χ4v) is 3.31. The van der Waals surface area contributed by atoms with Crippen molar-refractivity contribution in [3.63, 3.8) is 0 Å². The van der Waals surface area contributed by atoms with Crippen molar-refractivity contribution in [1.29, 1.82) is 0 Å². The molecule has 0 saturated heterocycles. The Morgan fingerprint density at radius 2 is 1.03 bits per heavy atom. The monoisotopic (exact) mass is 424 g/mol. The second-order valence-electron chi connectivity index (χ2n) is 7.47. The summed E-state index contributed by atoms with van der Waals surface area (Å²) in [6.45, 7) is 4.31. The minimum atomic E-state index is 0. The standard InChI is InChI=1S/2C13H15NO.Mg/c2*1-2-3-6-11-9-8-10-5-4-7-12(15)13(10)14-11;/h2*4-5,7-9,15H,2-3,6H2,1H3;/q;;+2/p-2. The molecule has 0 aliphatic carbocycles. The van der Waals surface area contributed by atoms with Gasteiger partial charge in [-0.15, -0.1) is 0 Å². The Labute approximate surface area is 200 Å². The van der Waals surface area contributed by atoms with Crippen molar-refractivity contribution in [2.75, 3.05) is 0 Å². The number of rotatable bonds is 6. The molecule has 4 nitrogen and oxygen atoms in total. The van der Waals surface area contributed by atoms with Gasteiger partial charge in [0.15, 0.2) is 0 Å². The van der Waals surface area contributed by atoms with Gasteiger partial charge in [-0.05, 0) is 48.6 Å². The van der Waals surface area contributed by atoms with Crippen molar-refractivity contribution >= 4 is 44.9 Å². The van der Waals surface area contributed by atoms with Gasteiger partial charge < -0.3 is 10.2 Å². The SMILES string of the molecule is CCCCc1ccc2cccc([O-])c2n1.CCCCc1ccc2cccc([O-])c2n1.[Mg+2]. The van der Waals surface area contributed by atoms with Gasteiger partial charge in [-0.3, -0.25) is 9.97 Å². The molecule has 0 unspecified atom stereocenters. The van der Waals surface area contributed by atoms with E-state index in [4.69, 9.17) is 0 Å². The fraction of sp³-hybridized carbons (Fsp3) is 0.308. The van der Waals surface area contributed by atoms with Crippen LogP contribution in [0.2, 0.25) is 0 Å². The maximum Gasteiger partial charge on any atom is 2.00 e. The zero-order chi connectivity index (χ0) is 21.3. The van der Waals surface area contributed by atoms with Crippen LogP contribution in [-0.4, -0.2) is 33.0 Å². The van der Waals surface area contributed by atoms with Gasteiger partial charge >= 0.3 is 23.1 Å². The van der Waals surface area contributed by atoms with E-state index in [1.54, 1.807) is 24.3 Å². The smallest absolute Gasteiger partial charge is 0.871 e. The molecular formula is C26H28MgN2O2. The Bertz CT molecular complexity index is 1030. The van der Waals surface area contributed by atoms with Crippen LogP contribution in [0.5, 0.6) is 11.5 Å². The molecule has 2 aromatic heterocycles. The molecule has 4 aromatic rings. The second-order valence-corrected chi connectivity index (χ2v) is 7.47. The van der Waals surface area contributed by atoms with Gasteiger partial charge in [-0.2, -0.15) is 0 Å². The van der Waals surface area contributed by atoms with Crippen LogP contribution in [0.25, 0.3) is 21.8 Å². The first-order valence-corrected chi connectivity index (χ1v) is 10.7. The number of aryl methyl sites for hydroxylation is 2. The summed E-state index contributed by atoms with van der Waals surface area (Å²) in [4.78, 5) is 8.80. The van der Waals surface area contributed by atoms with Crippen LogP contribution in [-0.2, 0) is 12.8 Å². The normalized spacial score (nSPS) is 10.4. The van der Waals surface area contributed by atoms with Gasteiger partial charge in [-0.25, -0.2) is 0 Å². The third-order valence-corrected chi connectivity index (χ3v) is 5.05. The summed E-state index contributed by atoms with van der Waals surface area (Å²) in [5.74, 6) is 0.0386. The minimum absolute atomic E-state index is 0. The second kappa shape index (κ2) is 12.5. The van der Waals surface area contributed by atoms with Crippen LogP contribution in [0.1, 0.15) is 50.9 Å². The van der Waals surface area contributed by atoms with Gasteiger partial charge in [0, 0.05) is 11.4 Å². The van der Waals surface area contributed by atoms with Crippen molar-refractivity contribution in [3.8, 4) is 11.5 Å². The van der Waals surface area contributed by atoms with Crippen LogP contribution in [0.15, 0.2) is 60.7 Å². The minimum Gasteiger partial charge on any atom is -0.871 e. The number of fused-ring (bicyclic) bond motifs is 2. The van der Waals surface area contributed by atoms with E-state index < -0.39 is 0 Å². The van der Waals surface area contributed by atoms with Crippen LogP contribution in [0.3, 0.4) is 0 Å². The molecule has 0 aliphatic rings. The van der Waals surface area contributed by atoms with Gasteiger partial charge in [0.25, 0.3) is 0 Å². The summed E-state index contributed by atoms with van der Waals surface area (Å²) in [6.07, 6.45) is 6.47. The predicted octanol–water partition coefficient (Wildman–Crippen LogP) is 4.92. The molecule has 0 radical (unpaired) electrons. The maximum absolute atomic E-state index is 11.5. The summed E-state index contributed by atoms with van der Waals surface area (Å²) in [5.41, 5.74) is 3.25. The van der Waals surface area contributed by atoms with E-state index >= 15 is 0 Å². The average molecular weight is 425 g/mol. The van der Waals surface area contributed by atoms with E-state index in [9.17, 15) is 10.2 Å². The molecule has 0 N–H and O–H groups in total. The molecule has 0 spiro atoms.